The fourth-order valence-electron chi connectivity index (χ4n) is 2.25. The monoisotopic (exact) mass is 330 g/mol. The van der Waals surface area contributed by atoms with E-state index in [1.807, 2.05) is 25.1 Å². The van der Waals surface area contributed by atoms with Crippen LogP contribution in [0.15, 0.2) is 23.8 Å². The average Bonchev–Trinajstić information content (AvgIpc) is 2.85. The third-order valence-corrected chi connectivity index (χ3v) is 3.42. The second-order valence-corrected chi connectivity index (χ2v) is 5.20. The van der Waals surface area contributed by atoms with E-state index in [0.29, 0.717) is 56.5 Å². The first kappa shape index (κ1) is 17.8. The number of ether oxygens (including phenoxy) is 3. The zero-order valence-electron chi connectivity index (χ0n) is 13.8. The molecule has 0 saturated carbocycles. The Balaban J connectivity index is 2.07. The summed E-state index contributed by atoms with van der Waals surface area (Å²) in [6, 6.07) is 7.38. The van der Waals surface area contributed by atoms with Crippen LogP contribution < -0.4 is 14.8 Å². The normalized spacial score (nSPS) is 13.8. The Kier molecular flexibility index (Phi) is 7.12. The maximum Gasteiger partial charge on any atom is 0.261 e. The quantitative estimate of drug-likeness (QED) is 0.471. The lowest BCUT2D eigenvalue weighted by atomic mass is 10.1. The predicted molar refractivity (Wildman–Crippen MR) is 89.8 cm³/mol. The fourth-order valence-corrected chi connectivity index (χ4v) is 2.25. The summed E-state index contributed by atoms with van der Waals surface area (Å²) in [7, 11) is 0. The van der Waals surface area contributed by atoms with Gasteiger partial charge in [0.25, 0.3) is 5.91 Å². The van der Waals surface area contributed by atoms with E-state index in [9.17, 15) is 10.1 Å². The van der Waals surface area contributed by atoms with Crippen molar-refractivity contribution in [3.05, 3.63) is 29.3 Å². The molecule has 1 aliphatic rings. The molecule has 24 heavy (non-hydrogen) atoms. The van der Waals surface area contributed by atoms with E-state index < -0.39 is 5.91 Å². The number of nitrogens with zero attached hydrogens (tertiary/aromatic N) is 1. The van der Waals surface area contributed by atoms with Gasteiger partial charge in [-0.3, -0.25) is 4.79 Å². The van der Waals surface area contributed by atoms with Crippen LogP contribution in [0.1, 0.15) is 25.3 Å². The van der Waals surface area contributed by atoms with Crippen molar-refractivity contribution in [1.29, 1.82) is 5.26 Å². The van der Waals surface area contributed by atoms with Gasteiger partial charge in [-0.05, 0) is 25.5 Å². The summed E-state index contributed by atoms with van der Waals surface area (Å²) in [5, 5.41) is 12.0. The fraction of sp³-hybridized carbons (Fsp3) is 0.444. The molecule has 0 fully saturated rings. The molecule has 1 amide bonds. The highest BCUT2D eigenvalue weighted by Crippen LogP contribution is 2.34. The van der Waals surface area contributed by atoms with Crippen molar-refractivity contribution in [2.75, 3.05) is 33.0 Å². The van der Waals surface area contributed by atoms with E-state index in [-0.39, 0.29) is 5.57 Å². The van der Waals surface area contributed by atoms with E-state index in [2.05, 4.69) is 5.32 Å². The van der Waals surface area contributed by atoms with Crippen LogP contribution in [0.4, 0.5) is 0 Å². The maximum atomic E-state index is 12.1. The average molecular weight is 330 g/mol. The van der Waals surface area contributed by atoms with Crippen LogP contribution in [0, 0.1) is 11.3 Å². The SMILES string of the molecule is CCOCCCNC(=O)/C(C#N)=C\c1cccc2c1OCCCO2. The number of para-hydroxylation sites is 1. The summed E-state index contributed by atoms with van der Waals surface area (Å²) in [5.74, 6) is 0.809. The standard InChI is InChI=1S/C18H22N2O4/c1-2-22-9-4-8-20-18(21)15(13-19)12-14-6-3-7-16-17(14)24-11-5-10-23-16/h3,6-7,12H,2,4-5,8-11H2,1H3,(H,20,21)/b15-12-. The molecule has 0 atom stereocenters. The van der Waals surface area contributed by atoms with Gasteiger partial charge in [-0.25, -0.2) is 0 Å². The molecule has 6 nitrogen and oxygen atoms in total. The van der Waals surface area contributed by atoms with Gasteiger partial charge in [-0.1, -0.05) is 12.1 Å². The summed E-state index contributed by atoms with van der Waals surface area (Å²) in [5.41, 5.74) is 0.697. The molecule has 1 aromatic rings. The van der Waals surface area contributed by atoms with E-state index in [1.165, 1.54) is 6.08 Å². The number of rotatable bonds is 7. The summed E-state index contributed by atoms with van der Waals surface area (Å²) >= 11 is 0. The van der Waals surface area contributed by atoms with E-state index in [1.54, 1.807) is 6.07 Å². The molecule has 1 aliphatic heterocycles. The Morgan fingerprint density at radius 1 is 1.42 bits per heavy atom. The lowest BCUT2D eigenvalue weighted by molar-refractivity contribution is -0.117. The number of hydrogen-bond acceptors (Lipinski definition) is 5. The van der Waals surface area contributed by atoms with Crippen LogP contribution in [0.25, 0.3) is 6.08 Å². The Morgan fingerprint density at radius 2 is 2.25 bits per heavy atom. The molecule has 128 valence electrons. The van der Waals surface area contributed by atoms with Crippen LogP contribution in [0.2, 0.25) is 0 Å². The second-order valence-electron chi connectivity index (χ2n) is 5.20. The number of nitriles is 1. The molecule has 2 rings (SSSR count). The minimum absolute atomic E-state index is 0.0349. The van der Waals surface area contributed by atoms with E-state index in [4.69, 9.17) is 14.2 Å². The summed E-state index contributed by atoms with van der Waals surface area (Å²) < 4.78 is 16.5. The predicted octanol–water partition coefficient (Wildman–Crippen LogP) is 2.30. The summed E-state index contributed by atoms with van der Waals surface area (Å²) in [6.45, 7) is 4.75. The highest BCUT2D eigenvalue weighted by molar-refractivity contribution is 6.02. The zero-order valence-corrected chi connectivity index (χ0v) is 13.8. The maximum absolute atomic E-state index is 12.1. The Morgan fingerprint density at radius 3 is 3.04 bits per heavy atom. The molecule has 0 bridgehead atoms. The number of fused-ring (bicyclic) bond motifs is 1. The van der Waals surface area contributed by atoms with Crippen LogP contribution >= 0.6 is 0 Å². The highest BCUT2D eigenvalue weighted by Gasteiger charge is 2.15. The lowest BCUT2D eigenvalue weighted by Gasteiger charge is -2.10. The topological polar surface area (TPSA) is 80.6 Å². The van der Waals surface area contributed by atoms with Gasteiger partial charge >= 0.3 is 0 Å². The smallest absolute Gasteiger partial charge is 0.261 e. The van der Waals surface area contributed by atoms with Gasteiger partial charge in [0.15, 0.2) is 11.5 Å². The van der Waals surface area contributed by atoms with Crippen molar-refractivity contribution in [2.45, 2.75) is 19.8 Å². The van der Waals surface area contributed by atoms with Gasteiger partial charge in [0.2, 0.25) is 0 Å². The van der Waals surface area contributed by atoms with Gasteiger partial charge < -0.3 is 19.5 Å². The first-order valence-corrected chi connectivity index (χ1v) is 8.12. The van der Waals surface area contributed by atoms with Gasteiger partial charge in [0.05, 0.1) is 13.2 Å². The van der Waals surface area contributed by atoms with Gasteiger partial charge in [0.1, 0.15) is 11.6 Å². The van der Waals surface area contributed by atoms with Crippen LogP contribution in [-0.4, -0.2) is 38.9 Å². The summed E-state index contributed by atoms with van der Waals surface area (Å²) in [4.78, 5) is 12.1. The number of hydrogen-bond donors (Lipinski definition) is 1. The molecule has 6 heteroatoms. The van der Waals surface area contributed by atoms with Crippen LogP contribution in [-0.2, 0) is 9.53 Å². The third-order valence-electron chi connectivity index (χ3n) is 3.42. The van der Waals surface area contributed by atoms with Crippen molar-refractivity contribution >= 4 is 12.0 Å². The third kappa shape index (κ3) is 5.00. The number of amides is 1. The number of nitrogens with one attached hydrogen (secondary N) is 1. The first-order chi connectivity index (χ1) is 11.8. The Hall–Kier alpha value is -2.52. The number of benzene rings is 1. The molecule has 1 N–H and O–H groups in total. The molecule has 0 unspecified atom stereocenters. The van der Waals surface area contributed by atoms with E-state index >= 15 is 0 Å². The minimum Gasteiger partial charge on any atom is -0.490 e. The van der Waals surface area contributed by atoms with Crippen molar-refractivity contribution in [2.24, 2.45) is 0 Å². The van der Waals surface area contributed by atoms with Crippen molar-refractivity contribution in [3.8, 4) is 17.6 Å². The largest absolute Gasteiger partial charge is 0.490 e. The molecule has 0 aromatic heterocycles. The molecule has 0 spiro atoms. The zero-order chi connectivity index (χ0) is 17.2. The summed E-state index contributed by atoms with van der Waals surface area (Å²) in [6.07, 6.45) is 3.03. The molecule has 1 aromatic carbocycles. The van der Waals surface area contributed by atoms with Gasteiger partial charge in [0, 0.05) is 31.7 Å². The minimum atomic E-state index is -0.402. The molecule has 0 saturated heterocycles. The molecule has 0 radical (unpaired) electrons. The van der Waals surface area contributed by atoms with Crippen LogP contribution in [0.3, 0.4) is 0 Å². The Labute approximate surface area is 142 Å². The Bertz CT molecular complexity index is 634. The van der Waals surface area contributed by atoms with Crippen molar-refractivity contribution in [3.63, 3.8) is 0 Å². The van der Waals surface area contributed by atoms with E-state index in [0.717, 1.165) is 6.42 Å². The van der Waals surface area contributed by atoms with Gasteiger partial charge in [-0.2, -0.15) is 5.26 Å². The lowest BCUT2D eigenvalue weighted by Crippen LogP contribution is -2.26. The number of carbonyl (C=O) groups excluding carboxylic acids is 1. The number of carbonyl (C=O) groups is 1. The molecular formula is C18H22N2O4. The van der Waals surface area contributed by atoms with Crippen molar-refractivity contribution in [1.82, 2.24) is 5.32 Å². The second kappa shape index (κ2) is 9.58. The van der Waals surface area contributed by atoms with Gasteiger partial charge in [-0.15, -0.1) is 0 Å². The molecule has 0 aliphatic carbocycles. The first-order valence-electron chi connectivity index (χ1n) is 8.12. The molecule has 1 heterocycles. The molecular weight excluding hydrogens is 308 g/mol. The van der Waals surface area contributed by atoms with Crippen molar-refractivity contribution < 1.29 is 19.0 Å². The highest BCUT2D eigenvalue weighted by atomic mass is 16.5. The van der Waals surface area contributed by atoms with Crippen LogP contribution in [0.5, 0.6) is 11.5 Å².